The summed E-state index contributed by atoms with van der Waals surface area (Å²) in [5, 5.41) is 1.04. The number of nitrogens with zero attached hydrogens (tertiary/aromatic N) is 3. The van der Waals surface area contributed by atoms with Crippen molar-refractivity contribution in [3.05, 3.63) is 11.4 Å². The molecule has 0 spiro atoms. The van der Waals surface area contributed by atoms with Crippen LogP contribution in [0.2, 0.25) is 0 Å². The third kappa shape index (κ3) is 4.99. The van der Waals surface area contributed by atoms with Crippen LogP contribution >= 0.6 is 11.8 Å². The highest BCUT2D eigenvalue weighted by molar-refractivity contribution is 7.99. The van der Waals surface area contributed by atoms with Gasteiger partial charge in [0.05, 0.1) is 0 Å². The summed E-state index contributed by atoms with van der Waals surface area (Å²) in [5.41, 5.74) is 6.98. The molecule has 1 rings (SSSR count). The Labute approximate surface area is 121 Å². The summed E-state index contributed by atoms with van der Waals surface area (Å²) in [7, 11) is 0. The largest absolute Gasteiger partial charge is 0.383 e. The summed E-state index contributed by atoms with van der Waals surface area (Å²) in [6.07, 6.45) is 1.94. The van der Waals surface area contributed by atoms with Crippen molar-refractivity contribution < 1.29 is 0 Å². The van der Waals surface area contributed by atoms with Crippen LogP contribution in [0.15, 0.2) is 5.03 Å². The van der Waals surface area contributed by atoms with Crippen LogP contribution in [0.1, 0.15) is 38.6 Å². The first-order valence-electron chi connectivity index (χ1n) is 7.10. The monoisotopic (exact) mass is 282 g/mol. The number of rotatable bonds is 8. The van der Waals surface area contributed by atoms with Crippen molar-refractivity contribution in [3.63, 3.8) is 0 Å². The Morgan fingerprint density at radius 1 is 1.16 bits per heavy atom. The molecular formula is C14H26N4S. The summed E-state index contributed by atoms with van der Waals surface area (Å²) in [4.78, 5) is 11.4. The fraction of sp³-hybridized carbons (Fsp3) is 0.714. The predicted octanol–water partition coefficient (Wildman–Crippen LogP) is 2.75. The third-order valence-corrected chi connectivity index (χ3v) is 4.26. The molecule has 0 radical (unpaired) electrons. The van der Waals surface area contributed by atoms with Crippen molar-refractivity contribution in [2.24, 2.45) is 0 Å². The van der Waals surface area contributed by atoms with E-state index in [9.17, 15) is 0 Å². The van der Waals surface area contributed by atoms with E-state index in [4.69, 9.17) is 5.73 Å². The molecule has 5 heteroatoms. The Bertz CT molecular complexity index is 391. The molecule has 1 aromatic rings. The number of nitrogens with two attached hydrogens (primary N) is 1. The number of anilines is 1. The standard InChI is InChI=1S/C14H26N4S/c1-5-8-12-16-13(15)11(4)14(17-12)19-10-9-18(6-2)7-3/h5-10H2,1-4H3,(H2,15,16,17). The summed E-state index contributed by atoms with van der Waals surface area (Å²) in [6, 6.07) is 0. The van der Waals surface area contributed by atoms with Gasteiger partial charge in [0.2, 0.25) is 0 Å². The van der Waals surface area contributed by atoms with E-state index in [2.05, 4.69) is 35.6 Å². The highest BCUT2D eigenvalue weighted by atomic mass is 32.2. The van der Waals surface area contributed by atoms with E-state index in [1.165, 1.54) is 0 Å². The average Bonchev–Trinajstić information content (AvgIpc) is 2.40. The van der Waals surface area contributed by atoms with Crippen LogP contribution < -0.4 is 5.73 Å². The second kappa shape index (κ2) is 8.38. The summed E-state index contributed by atoms with van der Waals surface area (Å²) < 4.78 is 0. The highest BCUT2D eigenvalue weighted by Gasteiger charge is 2.09. The van der Waals surface area contributed by atoms with Crippen LogP contribution in [0, 0.1) is 6.92 Å². The summed E-state index contributed by atoms with van der Waals surface area (Å²) >= 11 is 1.79. The Balaban J connectivity index is 2.66. The van der Waals surface area contributed by atoms with E-state index in [0.29, 0.717) is 5.82 Å². The molecule has 0 aliphatic heterocycles. The van der Waals surface area contributed by atoms with Gasteiger partial charge < -0.3 is 10.6 Å². The van der Waals surface area contributed by atoms with Crippen molar-refractivity contribution in [1.82, 2.24) is 14.9 Å². The second-order valence-corrected chi connectivity index (χ2v) is 5.66. The molecule has 0 aliphatic carbocycles. The first-order valence-corrected chi connectivity index (χ1v) is 8.09. The molecule has 2 N–H and O–H groups in total. The second-order valence-electron chi connectivity index (χ2n) is 4.58. The Kier molecular flexibility index (Phi) is 7.16. The highest BCUT2D eigenvalue weighted by Crippen LogP contribution is 2.23. The molecule has 0 fully saturated rings. The number of aromatic nitrogens is 2. The van der Waals surface area contributed by atoms with Crippen LogP contribution in [-0.4, -0.2) is 40.3 Å². The lowest BCUT2D eigenvalue weighted by molar-refractivity contribution is 0.324. The fourth-order valence-corrected chi connectivity index (χ4v) is 2.88. The maximum Gasteiger partial charge on any atom is 0.132 e. The molecule has 0 amide bonds. The minimum Gasteiger partial charge on any atom is -0.383 e. The molecular weight excluding hydrogens is 256 g/mol. The maximum absolute atomic E-state index is 5.96. The molecule has 0 bridgehead atoms. The van der Waals surface area contributed by atoms with Gasteiger partial charge >= 0.3 is 0 Å². The van der Waals surface area contributed by atoms with E-state index in [1.807, 2.05) is 6.92 Å². The predicted molar refractivity (Wildman–Crippen MR) is 83.7 cm³/mol. The van der Waals surface area contributed by atoms with Crippen molar-refractivity contribution >= 4 is 17.6 Å². The number of nitrogen functional groups attached to an aromatic ring is 1. The smallest absolute Gasteiger partial charge is 0.132 e. The number of hydrogen-bond acceptors (Lipinski definition) is 5. The van der Waals surface area contributed by atoms with Crippen molar-refractivity contribution in [2.75, 3.05) is 31.1 Å². The van der Waals surface area contributed by atoms with Crippen molar-refractivity contribution in [1.29, 1.82) is 0 Å². The normalized spacial score (nSPS) is 11.2. The number of aryl methyl sites for hydroxylation is 1. The zero-order chi connectivity index (χ0) is 14.3. The molecule has 0 saturated heterocycles. The van der Waals surface area contributed by atoms with Crippen LogP contribution in [-0.2, 0) is 6.42 Å². The summed E-state index contributed by atoms with van der Waals surface area (Å²) in [5.74, 6) is 2.55. The average molecular weight is 282 g/mol. The molecule has 0 unspecified atom stereocenters. The number of thioether (sulfide) groups is 1. The first-order chi connectivity index (χ1) is 9.12. The van der Waals surface area contributed by atoms with Gasteiger partial charge in [-0.15, -0.1) is 11.8 Å². The van der Waals surface area contributed by atoms with Gasteiger partial charge in [-0.2, -0.15) is 0 Å². The zero-order valence-corrected chi connectivity index (χ0v) is 13.4. The lowest BCUT2D eigenvalue weighted by atomic mass is 10.3. The Morgan fingerprint density at radius 3 is 2.42 bits per heavy atom. The van der Waals surface area contributed by atoms with E-state index in [1.54, 1.807) is 11.8 Å². The van der Waals surface area contributed by atoms with Crippen LogP contribution in [0.5, 0.6) is 0 Å². The Morgan fingerprint density at radius 2 is 1.84 bits per heavy atom. The Hall–Kier alpha value is -0.810. The van der Waals surface area contributed by atoms with Crippen molar-refractivity contribution in [2.45, 2.75) is 45.6 Å². The van der Waals surface area contributed by atoms with E-state index in [0.717, 1.165) is 54.6 Å². The molecule has 0 aromatic carbocycles. The fourth-order valence-electron chi connectivity index (χ4n) is 1.85. The molecule has 4 nitrogen and oxygen atoms in total. The van der Waals surface area contributed by atoms with E-state index in [-0.39, 0.29) is 0 Å². The lowest BCUT2D eigenvalue weighted by Crippen LogP contribution is -2.25. The van der Waals surface area contributed by atoms with Crippen LogP contribution in [0.4, 0.5) is 5.82 Å². The van der Waals surface area contributed by atoms with Gasteiger partial charge in [0.1, 0.15) is 16.7 Å². The van der Waals surface area contributed by atoms with Gasteiger partial charge in [-0.05, 0) is 26.4 Å². The molecule has 1 aromatic heterocycles. The van der Waals surface area contributed by atoms with E-state index >= 15 is 0 Å². The molecule has 108 valence electrons. The topological polar surface area (TPSA) is 55.0 Å². The first kappa shape index (κ1) is 16.2. The lowest BCUT2D eigenvalue weighted by Gasteiger charge is -2.17. The molecule has 19 heavy (non-hydrogen) atoms. The van der Waals surface area contributed by atoms with Gasteiger partial charge in [-0.3, -0.25) is 0 Å². The molecule has 1 heterocycles. The molecule has 0 saturated carbocycles. The van der Waals surface area contributed by atoms with E-state index < -0.39 is 0 Å². The van der Waals surface area contributed by atoms with Gasteiger partial charge in [0.15, 0.2) is 0 Å². The van der Waals surface area contributed by atoms with Crippen LogP contribution in [0.3, 0.4) is 0 Å². The zero-order valence-electron chi connectivity index (χ0n) is 12.6. The van der Waals surface area contributed by atoms with Crippen molar-refractivity contribution in [3.8, 4) is 0 Å². The molecule has 0 atom stereocenters. The molecule has 0 aliphatic rings. The number of hydrogen-bond donors (Lipinski definition) is 1. The minimum atomic E-state index is 0.629. The van der Waals surface area contributed by atoms with Gasteiger partial charge in [0, 0.05) is 24.3 Å². The quantitative estimate of drug-likeness (QED) is 0.587. The van der Waals surface area contributed by atoms with Gasteiger partial charge in [-0.25, -0.2) is 9.97 Å². The maximum atomic E-state index is 5.96. The SMILES string of the molecule is CCCc1nc(N)c(C)c(SCCN(CC)CC)n1. The van der Waals surface area contributed by atoms with Crippen LogP contribution in [0.25, 0.3) is 0 Å². The van der Waals surface area contributed by atoms with Gasteiger partial charge in [-0.1, -0.05) is 20.8 Å². The summed E-state index contributed by atoms with van der Waals surface area (Å²) in [6.45, 7) is 11.8. The minimum absolute atomic E-state index is 0.629. The van der Waals surface area contributed by atoms with Gasteiger partial charge in [0.25, 0.3) is 0 Å². The third-order valence-electron chi connectivity index (χ3n) is 3.20.